The third kappa shape index (κ3) is 5.34. The summed E-state index contributed by atoms with van der Waals surface area (Å²) in [4.78, 5) is 16.8. The van der Waals surface area contributed by atoms with Gasteiger partial charge in [0.1, 0.15) is 5.75 Å². The molecule has 0 N–H and O–H groups in total. The molecule has 0 spiro atoms. The third-order valence-electron chi connectivity index (χ3n) is 5.63. The number of likely N-dealkylation sites (tertiary alicyclic amines) is 2. The first-order valence-electron chi connectivity index (χ1n) is 10.1. The molecule has 0 unspecified atom stereocenters. The average molecular weight is 357 g/mol. The normalized spacial score (nSPS) is 21.4. The van der Waals surface area contributed by atoms with Gasteiger partial charge in [0, 0.05) is 38.2 Å². The lowest BCUT2D eigenvalue weighted by atomic mass is 9.93. The van der Waals surface area contributed by atoms with E-state index in [0.717, 1.165) is 56.9 Å². The SMILES string of the molecule is COc1ccccc1/C=C/CN1CCC[C@@H](CCC(=O)N2CCCC2)C1. The van der Waals surface area contributed by atoms with Gasteiger partial charge in [0.05, 0.1) is 7.11 Å². The Morgan fingerprint density at radius 3 is 2.81 bits per heavy atom. The first-order valence-corrected chi connectivity index (χ1v) is 10.1. The molecule has 2 saturated heterocycles. The number of amides is 1. The number of piperidine rings is 1. The molecule has 26 heavy (non-hydrogen) atoms. The second-order valence-corrected chi connectivity index (χ2v) is 7.54. The average Bonchev–Trinajstić information content (AvgIpc) is 3.22. The Bertz CT molecular complexity index is 608. The van der Waals surface area contributed by atoms with E-state index in [2.05, 4.69) is 28.0 Å². The maximum Gasteiger partial charge on any atom is 0.222 e. The van der Waals surface area contributed by atoms with Gasteiger partial charge in [-0.3, -0.25) is 9.69 Å². The van der Waals surface area contributed by atoms with Gasteiger partial charge in [-0.1, -0.05) is 30.4 Å². The molecule has 2 aliphatic rings. The van der Waals surface area contributed by atoms with Gasteiger partial charge in [-0.05, 0) is 50.6 Å². The number of methoxy groups -OCH3 is 1. The van der Waals surface area contributed by atoms with E-state index < -0.39 is 0 Å². The number of carbonyl (C=O) groups excluding carboxylic acids is 1. The lowest BCUT2D eigenvalue weighted by molar-refractivity contribution is -0.130. The molecule has 1 aromatic rings. The van der Waals surface area contributed by atoms with E-state index in [0.29, 0.717) is 11.8 Å². The van der Waals surface area contributed by atoms with Gasteiger partial charge in [0.25, 0.3) is 0 Å². The fourth-order valence-electron chi connectivity index (χ4n) is 4.14. The van der Waals surface area contributed by atoms with Crippen LogP contribution < -0.4 is 4.74 Å². The van der Waals surface area contributed by atoms with Gasteiger partial charge < -0.3 is 9.64 Å². The standard InChI is InChI=1S/C22H32N2O2/c1-26-21-11-3-2-9-20(21)10-7-15-23-14-6-8-19(18-23)12-13-22(25)24-16-4-5-17-24/h2-3,7,9-11,19H,4-6,8,12-18H2,1H3/b10-7+/t19-/m0/s1. The van der Waals surface area contributed by atoms with E-state index in [1.807, 2.05) is 18.2 Å². The molecule has 0 aliphatic carbocycles. The zero-order chi connectivity index (χ0) is 18.2. The van der Waals surface area contributed by atoms with E-state index in [1.165, 1.54) is 25.7 Å². The third-order valence-corrected chi connectivity index (χ3v) is 5.63. The molecule has 0 bridgehead atoms. The van der Waals surface area contributed by atoms with Crippen molar-refractivity contribution in [2.24, 2.45) is 5.92 Å². The Hall–Kier alpha value is -1.81. The highest BCUT2D eigenvalue weighted by Gasteiger charge is 2.22. The van der Waals surface area contributed by atoms with Crippen LogP contribution in [0.1, 0.15) is 44.1 Å². The first-order chi connectivity index (χ1) is 12.8. The number of carbonyl (C=O) groups is 1. The van der Waals surface area contributed by atoms with Crippen LogP contribution in [0, 0.1) is 5.92 Å². The Labute approximate surface area is 157 Å². The fourth-order valence-corrected chi connectivity index (χ4v) is 4.14. The van der Waals surface area contributed by atoms with Crippen molar-refractivity contribution in [1.29, 1.82) is 0 Å². The highest BCUT2D eigenvalue weighted by Crippen LogP contribution is 2.23. The van der Waals surface area contributed by atoms with Gasteiger partial charge in [0.2, 0.25) is 5.91 Å². The van der Waals surface area contributed by atoms with Gasteiger partial charge in [-0.25, -0.2) is 0 Å². The topological polar surface area (TPSA) is 32.8 Å². The van der Waals surface area contributed by atoms with Gasteiger partial charge in [0.15, 0.2) is 0 Å². The summed E-state index contributed by atoms with van der Waals surface area (Å²) in [5, 5.41) is 0. The number of nitrogens with zero attached hydrogens (tertiary/aromatic N) is 2. The number of hydrogen-bond donors (Lipinski definition) is 0. The van der Waals surface area contributed by atoms with Crippen LogP contribution in [0.15, 0.2) is 30.3 Å². The highest BCUT2D eigenvalue weighted by molar-refractivity contribution is 5.76. The number of para-hydroxylation sites is 1. The minimum Gasteiger partial charge on any atom is -0.496 e. The Morgan fingerprint density at radius 2 is 2.00 bits per heavy atom. The van der Waals surface area contributed by atoms with E-state index >= 15 is 0 Å². The van der Waals surface area contributed by atoms with Crippen molar-refractivity contribution in [3.8, 4) is 5.75 Å². The van der Waals surface area contributed by atoms with Crippen molar-refractivity contribution < 1.29 is 9.53 Å². The van der Waals surface area contributed by atoms with Crippen molar-refractivity contribution >= 4 is 12.0 Å². The second-order valence-electron chi connectivity index (χ2n) is 7.54. The number of ether oxygens (including phenoxy) is 1. The van der Waals surface area contributed by atoms with E-state index in [4.69, 9.17) is 4.74 Å². The van der Waals surface area contributed by atoms with Crippen LogP contribution in [0.25, 0.3) is 6.08 Å². The van der Waals surface area contributed by atoms with Crippen LogP contribution in [-0.4, -0.2) is 55.5 Å². The molecule has 2 heterocycles. The fraction of sp³-hybridized carbons (Fsp3) is 0.591. The maximum atomic E-state index is 12.2. The molecule has 1 atom stereocenters. The summed E-state index contributed by atoms with van der Waals surface area (Å²) in [6.07, 6.45) is 11.0. The van der Waals surface area contributed by atoms with Gasteiger partial charge >= 0.3 is 0 Å². The molecular weight excluding hydrogens is 324 g/mol. The quantitative estimate of drug-likeness (QED) is 0.744. The molecule has 3 rings (SSSR count). The molecular formula is C22H32N2O2. The van der Waals surface area contributed by atoms with Crippen molar-refractivity contribution in [2.75, 3.05) is 39.8 Å². The molecule has 2 fully saturated rings. The van der Waals surface area contributed by atoms with Crippen LogP contribution >= 0.6 is 0 Å². The predicted octanol–water partition coefficient (Wildman–Crippen LogP) is 3.82. The Morgan fingerprint density at radius 1 is 1.19 bits per heavy atom. The predicted molar refractivity (Wildman–Crippen MR) is 106 cm³/mol. The smallest absolute Gasteiger partial charge is 0.222 e. The maximum absolute atomic E-state index is 12.2. The molecule has 2 aliphatic heterocycles. The van der Waals surface area contributed by atoms with Crippen molar-refractivity contribution in [3.63, 3.8) is 0 Å². The number of rotatable bonds is 7. The number of hydrogen-bond acceptors (Lipinski definition) is 3. The molecule has 1 aromatic carbocycles. The first kappa shape index (κ1) is 19.0. The van der Waals surface area contributed by atoms with Crippen LogP contribution in [0.2, 0.25) is 0 Å². The molecule has 142 valence electrons. The van der Waals surface area contributed by atoms with Crippen molar-refractivity contribution in [3.05, 3.63) is 35.9 Å². The molecule has 0 saturated carbocycles. The van der Waals surface area contributed by atoms with Crippen molar-refractivity contribution in [2.45, 2.75) is 38.5 Å². The van der Waals surface area contributed by atoms with Crippen LogP contribution in [-0.2, 0) is 4.79 Å². The second kappa shape index (κ2) is 9.77. The Kier molecular flexibility index (Phi) is 7.13. The summed E-state index contributed by atoms with van der Waals surface area (Å²) in [6.45, 7) is 5.19. The minimum absolute atomic E-state index is 0.371. The minimum atomic E-state index is 0.371. The lowest BCUT2D eigenvalue weighted by Crippen LogP contribution is -2.36. The van der Waals surface area contributed by atoms with Crippen LogP contribution in [0.4, 0.5) is 0 Å². The molecule has 4 heteroatoms. The summed E-state index contributed by atoms with van der Waals surface area (Å²) in [5.41, 5.74) is 1.12. The zero-order valence-corrected chi connectivity index (χ0v) is 16.0. The van der Waals surface area contributed by atoms with Crippen LogP contribution in [0.3, 0.4) is 0 Å². The summed E-state index contributed by atoms with van der Waals surface area (Å²) in [5.74, 6) is 1.95. The summed E-state index contributed by atoms with van der Waals surface area (Å²) in [7, 11) is 1.71. The summed E-state index contributed by atoms with van der Waals surface area (Å²) in [6, 6.07) is 8.11. The Balaban J connectivity index is 1.43. The van der Waals surface area contributed by atoms with Crippen LogP contribution in [0.5, 0.6) is 5.75 Å². The summed E-state index contributed by atoms with van der Waals surface area (Å²) >= 11 is 0. The van der Waals surface area contributed by atoms with Gasteiger partial charge in [-0.15, -0.1) is 0 Å². The molecule has 4 nitrogen and oxygen atoms in total. The highest BCUT2D eigenvalue weighted by atomic mass is 16.5. The summed E-state index contributed by atoms with van der Waals surface area (Å²) < 4.78 is 5.40. The lowest BCUT2D eigenvalue weighted by Gasteiger charge is -2.32. The van der Waals surface area contributed by atoms with E-state index in [1.54, 1.807) is 7.11 Å². The number of benzene rings is 1. The zero-order valence-electron chi connectivity index (χ0n) is 16.0. The van der Waals surface area contributed by atoms with Crippen molar-refractivity contribution in [1.82, 2.24) is 9.80 Å². The van der Waals surface area contributed by atoms with E-state index in [9.17, 15) is 4.79 Å². The molecule has 0 aromatic heterocycles. The molecule has 0 radical (unpaired) electrons. The van der Waals surface area contributed by atoms with E-state index in [-0.39, 0.29) is 0 Å². The monoisotopic (exact) mass is 356 g/mol. The molecule has 1 amide bonds. The van der Waals surface area contributed by atoms with Gasteiger partial charge in [-0.2, -0.15) is 0 Å². The largest absolute Gasteiger partial charge is 0.496 e.